The van der Waals surface area contributed by atoms with Crippen LogP contribution >= 0.6 is 12.4 Å². The van der Waals surface area contributed by atoms with Gasteiger partial charge in [-0.3, -0.25) is 5.01 Å². The molecule has 1 aliphatic heterocycles. The first-order valence-electron chi connectivity index (χ1n) is 3.26. The SMILES string of the molecule is Cl.NC(=O)N1CCC=CCN1. The summed E-state index contributed by atoms with van der Waals surface area (Å²) in [6, 6.07) is -0.413. The maximum atomic E-state index is 10.6. The van der Waals surface area contributed by atoms with E-state index in [4.69, 9.17) is 5.73 Å². The van der Waals surface area contributed by atoms with Crippen molar-refractivity contribution in [1.82, 2.24) is 10.4 Å². The number of halogens is 1. The average Bonchev–Trinajstić information content (AvgIpc) is 2.12. The Bertz CT molecular complexity index is 150. The summed E-state index contributed by atoms with van der Waals surface area (Å²) in [6.45, 7) is 1.34. The first-order chi connectivity index (χ1) is 4.80. The fourth-order valence-electron chi connectivity index (χ4n) is 0.835. The normalized spacial score (nSPS) is 16.9. The lowest BCUT2D eigenvalue weighted by Gasteiger charge is -2.17. The molecule has 2 amide bonds. The number of hydrogen-bond acceptors (Lipinski definition) is 2. The molecular weight excluding hydrogens is 166 g/mol. The molecule has 64 valence electrons. The van der Waals surface area contributed by atoms with Crippen LogP contribution < -0.4 is 11.2 Å². The average molecular weight is 178 g/mol. The number of rotatable bonds is 0. The Morgan fingerprint density at radius 2 is 2.27 bits per heavy atom. The van der Waals surface area contributed by atoms with Crippen molar-refractivity contribution in [2.24, 2.45) is 5.73 Å². The molecule has 4 nitrogen and oxygen atoms in total. The Morgan fingerprint density at radius 1 is 1.55 bits per heavy atom. The molecule has 11 heavy (non-hydrogen) atoms. The van der Waals surface area contributed by atoms with Crippen molar-refractivity contribution in [3.63, 3.8) is 0 Å². The second-order valence-corrected chi connectivity index (χ2v) is 2.11. The van der Waals surface area contributed by atoms with Crippen molar-refractivity contribution >= 4 is 18.4 Å². The number of urea groups is 1. The first-order valence-corrected chi connectivity index (χ1v) is 3.26. The largest absolute Gasteiger partial charge is 0.350 e. The second-order valence-electron chi connectivity index (χ2n) is 2.11. The van der Waals surface area contributed by atoms with Crippen LogP contribution in [0, 0.1) is 0 Å². The summed E-state index contributed by atoms with van der Waals surface area (Å²) >= 11 is 0. The number of hydrogen-bond donors (Lipinski definition) is 2. The maximum Gasteiger partial charge on any atom is 0.329 e. The number of carbonyl (C=O) groups is 1. The van der Waals surface area contributed by atoms with Gasteiger partial charge < -0.3 is 5.73 Å². The zero-order valence-electron chi connectivity index (χ0n) is 6.12. The highest BCUT2D eigenvalue weighted by atomic mass is 35.5. The summed E-state index contributed by atoms with van der Waals surface area (Å²) in [4.78, 5) is 10.6. The van der Waals surface area contributed by atoms with Crippen molar-refractivity contribution in [1.29, 1.82) is 0 Å². The maximum absolute atomic E-state index is 10.6. The molecule has 1 heterocycles. The zero-order chi connectivity index (χ0) is 7.40. The molecule has 3 N–H and O–H groups in total. The lowest BCUT2D eigenvalue weighted by molar-refractivity contribution is 0.186. The lowest BCUT2D eigenvalue weighted by atomic mass is 10.4. The van der Waals surface area contributed by atoms with Crippen LogP contribution in [0.25, 0.3) is 0 Å². The van der Waals surface area contributed by atoms with Crippen LogP contribution in [0.4, 0.5) is 4.79 Å². The van der Waals surface area contributed by atoms with Crippen molar-refractivity contribution in [2.45, 2.75) is 6.42 Å². The molecule has 0 aromatic heterocycles. The van der Waals surface area contributed by atoms with Gasteiger partial charge in [0.2, 0.25) is 0 Å². The Morgan fingerprint density at radius 3 is 2.91 bits per heavy atom. The third kappa shape index (κ3) is 3.25. The van der Waals surface area contributed by atoms with Crippen LogP contribution in [0.2, 0.25) is 0 Å². The molecule has 0 unspecified atom stereocenters. The molecule has 0 aromatic rings. The van der Waals surface area contributed by atoms with Gasteiger partial charge in [0.15, 0.2) is 0 Å². The molecular formula is C6H12ClN3O. The Balaban J connectivity index is 0.000001000. The van der Waals surface area contributed by atoms with E-state index >= 15 is 0 Å². The van der Waals surface area contributed by atoms with Gasteiger partial charge in [0, 0.05) is 13.1 Å². The highest BCUT2D eigenvalue weighted by molar-refractivity contribution is 5.85. The summed E-state index contributed by atoms with van der Waals surface area (Å²) in [7, 11) is 0. The van der Waals surface area contributed by atoms with Crippen LogP contribution in [-0.2, 0) is 0 Å². The molecule has 0 spiro atoms. The highest BCUT2D eigenvalue weighted by Crippen LogP contribution is 1.92. The van der Waals surface area contributed by atoms with Gasteiger partial charge in [-0.2, -0.15) is 0 Å². The summed E-state index contributed by atoms with van der Waals surface area (Å²) in [5, 5.41) is 1.42. The second kappa shape index (κ2) is 4.98. The number of primary amides is 1. The van der Waals surface area contributed by atoms with Crippen LogP contribution in [0.1, 0.15) is 6.42 Å². The van der Waals surface area contributed by atoms with E-state index in [9.17, 15) is 4.79 Å². The topological polar surface area (TPSA) is 58.4 Å². The summed E-state index contributed by atoms with van der Waals surface area (Å²) in [6.07, 6.45) is 4.87. The van der Waals surface area contributed by atoms with Crippen LogP contribution in [-0.4, -0.2) is 24.1 Å². The smallest absolute Gasteiger partial charge is 0.329 e. The van der Waals surface area contributed by atoms with Gasteiger partial charge in [-0.1, -0.05) is 12.2 Å². The van der Waals surface area contributed by atoms with Gasteiger partial charge in [-0.05, 0) is 6.42 Å². The minimum Gasteiger partial charge on any atom is -0.350 e. The standard InChI is InChI=1S/C6H11N3O.ClH/c7-6(10)9-5-3-1-2-4-8-9;/h1-2,8H,3-5H2,(H2,7,10);1H. The molecule has 5 heteroatoms. The Labute approximate surface area is 71.8 Å². The van der Waals surface area contributed by atoms with E-state index in [2.05, 4.69) is 5.43 Å². The molecule has 0 saturated heterocycles. The van der Waals surface area contributed by atoms with Gasteiger partial charge in [0.05, 0.1) is 0 Å². The zero-order valence-corrected chi connectivity index (χ0v) is 6.93. The quantitative estimate of drug-likeness (QED) is 0.522. The number of amides is 2. The van der Waals surface area contributed by atoms with Gasteiger partial charge in [0.25, 0.3) is 0 Å². The number of nitrogens with one attached hydrogen (secondary N) is 1. The molecule has 0 aromatic carbocycles. The van der Waals surface area contributed by atoms with Gasteiger partial charge >= 0.3 is 6.03 Å². The van der Waals surface area contributed by atoms with Gasteiger partial charge in [0.1, 0.15) is 0 Å². The Hall–Kier alpha value is -0.740. The molecule has 0 saturated carbocycles. The van der Waals surface area contributed by atoms with Crippen LogP contribution in [0.3, 0.4) is 0 Å². The molecule has 0 radical (unpaired) electrons. The molecule has 0 fully saturated rings. The summed E-state index contributed by atoms with van der Waals surface area (Å²) < 4.78 is 0. The van der Waals surface area contributed by atoms with Gasteiger partial charge in [-0.25, -0.2) is 10.2 Å². The number of nitrogens with zero attached hydrogens (tertiary/aromatic N) is 1. The van der Waals surface area contributed by atoms with E-state index in [-0.39, 0.29) is 12.4 Å². The fraction of sp³-hybridized carbons (Fsp3) is 0.500. The van der Waals surface area contributed by atoms with Crippen molar-refractivity contribution < 1.29 is 4.79 Å². The molecule has 1 aliphatic rings. The molecule has 0 aliphatic carbocycles. The van der Waals surface area contributed by atoms with E-state index in [1.54, 1.807) is 0 Å². The van der Waals surface area contributed by atoms with E-state index < -0.39 is 6.03 Å². The molecule has 0 bridgehead atoms. The minimum atomic E-state index is -0.413. The van der Waals surface area contributed by atoms with E-state index in [1.807, 2.05) is 12.2 Å². The third-order valence-corrected chi connectivity index (χ3v) is 1.35. The van der Waals surface area contributed by atoms with E-state index in [1.165, 1.54) is 5.01 Å². The highest BCUT2D eigenvalue weighted by Gasteiger charge is 2.07. The van der Waals surface area contributed by atoms with Crippen molar-refractivity contribution in [3.8, 4) is 0 Å². The van der Waals surface area contributed by atoms with Crippen LogP contribution in [0.5, 0.6) is 0 Å². The molecule has 1 rings (SSSR count). The Kier molecular flexibility index (Phi) is 4.65. The van der Waals surface area contributed by atoms with Crippen molar-refractivity contribution in [3.05, 3.63) is 12.2 Å². The van der Waals surface area contributed by atoms with Crippen molar-refractivity contribution in [2.75, 3.05) is 13.1 Å². The number of nitrogens with two attached hydrogens (primary N) is 1. The first kappa shape index (κ1) is 10.3. The predicted octanol–water partition coefficient (Wildman–Crippen LogP) is 0.253. The third-order valence-electron chi connectivity index (χ3n) is 1.35. The van der Waals surface area contributed by atoms with E-state index in [0.717, 1.165) is 6.42 Å². The number of carbonyl (C=O) groups excluding carboxylic acids is 1. The molecule has 0 atom stereocenters. The minimum absolute atomic E-state index is 0. The van der Waals surface area contributed by atoms with Crippen LogP contribution in [0.15, 0.2) is 12.2 Å². The summed E-state index contributed by atoms with van der Waals surface area (Å²) in [5.74, 6) is 0. The summed E-state index contributed by atoms with van der Waals surface area (Å²) in [5.41, 5.74) is 7.89. The monoisotopic (exact) mass is 177 g/mol. The lowest BCUT2D eigenvalue weighted by Crippen LogP contribution is -2.45. The van der Waals surface area contributed by atoms with E-state index in [0.29, 0.717) is 13.1 Å². The predicted molar refractivity (Wildman–Crippen MR) is 45.3 cm³/mol. The number of hydrazine groups is 1. The fourth-order valence-corrected chi connectivity index (χ4v) is 0.835. The van der Waals surface area contributed by atoms with Gasteiger partial charge in [-0.15, -0.1) is 12.4 Å².